The van der Waals surface area contributed by atoms with Crippen molar-refractivity contribution in [3.05, 3.63) is 10.6 Å². The Labute approximate surface area is 119 Å². The van der Waals surface area contributed by atoms with Gasteiger partial charge in [0.15, 0.2) is 0 Å². The lowest BCUT2D eigenvalue weighted by molar-refractivity contribution is -0.139. The molecule has 20 heavy (non-hydrogen) atoms. The average molecular weight is 300 g/mol. The Morgan fingerprint density at radius 1 is 1.45 bits per heavy atom. The molecule has 0 aliphatic heterocycles. The molecule has 0 fully saturated rings. The maximum absolute atomic E-state index is 12.0. The first-order chi connectivity index (χ1) is 9.45. The number of carboxylic acids is 1. The zero-order valence-electron chi connectivity index (χ0n) is 11.0. The van der Waals surface area contributed by atoms with Crippen molar-refractivity contribution in [2.75, 3.05) is 0 Å². The first-order valence-corrected chi connectivity index (χ1v) is 6.86. The van der Waals surface area contributed by atoms with Crippen molar-refractivity contribution < 1.29 is 19.5 Å². The van der Waals surface area contributed by atoms with E-state index in [-0.39, 0.29) is 12.8 Å². The minimum atomic E-state index is -1.21. The van der Waals surface area contributed by atoms with Crippen molar-refractivity contribution in [1.29, 1.82) is 0 Å². The van der Waals surface area contributed by atoms with Crippen LogP contribution in [0.15, 0.2) is 0 Å². The number of amides is 2. The van der Waals surface area contributed by atoms with Gasteiger partial charge < -0.3 is 16.2 Å². The number of hydrogen-bond acceptors (Lipinski definition) is 6. The number of nitrogens with two attached hydrogens (primary N) is 1. The quantitative estimate of drug-likeness (QED) is 0.615. The van der Waals surface area contributed by atoms with E-state index in [4.69, 9.17) is 10.8 Å². The van der Waals surface area contributed by atoms with Gasteiger partial charge >= 0.3 is 5.97 Å². The van der Waals surface area contributed by atoms with E-state index >= 15 is 0 Å². The molecule has 1 aromatic rings. The van der Waals surface area contributed by atoms with Crippen LogP contribution in [0.25, 0.3) is 0 Å². The predicted octanol–water partition coefficient (Wildman–Crippen LogP) is -0.0609. The highest BCUT2D eigenvalue weighted by Crippen LogP contribution is 2.13. The summed E-state index contributed by atoms with van der Waals surface area (Å²) in [6.07, 6.45) is 1.24. The molecule has 1 rings (SSSR count). The van der Waals surface area contributed by atoms with Crippen molar-refractivity contribution in [3.63, 3.8) is 0 Å². The summed E-state index contributed by atoms with van der Waals surface area (Å²) in [4.78, 5) is 34.0. The molecule has 0 unspecified atom stereocenters. The first-order valence-electron chi connectivity index (χ1n) is 6.08. The van der Waals surface area contributed by atoms with E-state index in [9.17, 15) is 14.4 Å². The smallest absolute Gasteiger partial charge is 0.326 e. The highest BCUT2D eigenvalue weighted by atomic mass is 32.1. The number of rotatable bonds is 8. The van der Waals surface area contributed by atoms with Crippen LogP contribution in [0.2, 0.25) is 0 Å². The summed E-state index contributed by atoms with van der Waals surface area (Å²) in [6.45, 7) is 1.94. The fourth-order valence-electron chi connectivity index (χ4n) is 1.55. The summed E-state index contributed by atoms with van der Waals surface area (Å²) in [5, 5.41) is 15.2. The third-order valence-corrected chi connectivity index (χ3v) is 3.30. The molecule has 1 aromatic heterocycles. The molecule has 9 heteroatoms. The summed E-state index contributed by atoms with van der Waals surface area (Å²) in [5.74, 6) is -2.37. The Morgan fingerprint density at radius 3 is 2.70 bits per heavy atom. The van der Waals surface area contributed by atoms with Crippen LogP contribution in [0.3, 0.4) is 0 Å². The van der Waals surface area contributed by atoms with E-state index in [1.165, 1.54) is 0 Å². The molecule has 0 aliphatic carbocycles. The summed E-state index contributed by atoms with van der Waals surface area (Å²) in [5.41, 5.74) is 5.52. The number of aryl methyl sites for hydroxylation is 1. The lowest BCUT2D eigenvalue weighted by atomic mass is 10.1. The predicted molar refractivity (Wildman–Crippen MR) is 71.2 cm³/mol. The van der Waals surface area contributed by atoms with E-state index in [0.29, 0.717) is 17.0 Å². The number of carboxylic acid groups (broad SMARTS) is 1. The number of aliphatic carboxylic acids is 1. The van der Waals surface area contributed by atoms with Gasteiger partial charge in [0, 0.05) is 6.42 Å². The van der Waals surface area contributed by atoms with Crippen LogP contribution in [0, 0.1) is 0 Å². The minimum absolute atomic E-state index is 0.0499. The maximum Gasteiger partial charge on any atom is 0.326 e. The van der Waals surface area contributed by atoms with Gasteiger partial charge in [-0.3, -0.25) is 9.59 Å². The Bertz CT molecular complexity index is 502. The molecule has 0 saturated heterocycles. The van der Waals surface area contributed by atoms with Crippen LogP contribution in [-0.2, 0) is 16.0 Å². The van der Waals surface area contributed by atoms with Crippen molar-refractivity contribution in [2.24, 2.45) is 5.73 Å². The third-order valence-electron chi connectivity index (χ3n) is 2.53. The molecule has 0 saturated carbocycles. The summed E-state index contributed by atoms with van der Waals surface area (Å²) in [6, 6.07) is -1.16. The van der Waals surface area contributed by atoms with Gasteiger partial charge in [-0.2, -0.15) is 0 Å². The molecule has 0 aliphatic rings. The molecule has 1 atom stereocenters. The van der Waals surface area contributed by atoms with Gasteiger partial charge in [-0.05, 0) is 24.4 Å². The van der Waals surface area contributed by atoms with Gasteiger partial charge in [-0.15, -0.1) is 5.10 Å². The van der Waals surface area contributed by atoms with Crippen LogP contribution in [0.5, 0.6) is 0 Å². The minimum Gasteiger partial charge on any atom is -0.480 e. The van der Waals surface area contributed by atoms with Crippen LogP contribution in [0.1, 0.15) is 41.6 Å². The second-order valence-electron chi connectivity index (χ2n) is 4.17. The molecule has 4 N–H and O–H groups in total. The second kappa shape index (κ2) is 7.53. The van der Waals surface area contributed by atoms with Crippen LogP contribution >= 0.6 is 11.5 Å². The van der Waals surface area contributed by atoms with Crippen LogP contribution in [-0.4, -0.2) is 38.5 Å². The molecular weight excluding hydrogens is 284 g/mol. The van der Waals surface area contributed by atoms with E-state index in [2.05, 4.69) is 14.9 Å². The SMILES string of the molecule is CCCc1nnsc1C(=O)N[C@H](CCC(N)=O)C(=O)O. The molecule has 0 bridgehead atoms. The Morgan fingerprint density at radius 2 is 2.15 bits per heavy atom. The topological polar surface area (TPSA) is 135 Å². The van der Waals surface area contributed by atoms with E-state index in [0.717, 1.165) is 18.0 Å². The van der Waals surface area contributed by atoms with E-state index < -0.39 is 23.8 Å². The number of nitrogens with one attached hydrogen (secondary N) is 1. The zero-order valence-corrected chi connectivity index (χ0v) is 11.8. The normalized spacial score (nSPS) is 11.8. The number of aromatic nitrogens is 2. The molecule has 0 spiro atoms. The fourth-order valence-corrected chi connectivity index (χ4v) is 2.16. The average Bonchev–Trinajstić information content (AvgIpc) is 2.82. The highest BCUT2D eigenvalue weighted by Gasteiger charge is 2.24. The van der Waals surface area contributed by atoms with E-state index in [1.54, 1.807) is 0 Å². The van der Waals surface area contributed by atoms with Gasteiger partial charge in [0.25, 0.3) is 5.91 Å². The highest BCUT2D eigenvalue weighted by molar-refractivity contribution is 7.08. The number of carbonyl (C=O) groups excluding carboxylic acids is 2. The second-order valence-corrected chi connectivity index (χ2v) is 4.92. The van der Waals surface area contributed by atoms with Crippen LogP contribution < -0.4 is 11.1 Å². The summed E-state index contributed by atoms with van der Waals surface area (Å²) >= 11 is 0.918. The number of nitrogens with zero attached hydrogens (tertiary/aromatic N) is 2. The lowest BCUT2D eigenvalue weighted by Crippen LogP contribution is -2.41. The Balaban J connectivity index is 2.72. The van der Waals surface area contributed by atoms with Gasteiger partial charge in [0.2, 0.25) is 5.91 Å². The Kier molecular flexibility index (Phi) is 6.04. The summed E-state index contributed by atoms with van der Waals surface area (Å²) in [7, 11) is 0. The maximum atomic E-state index is 12.0. The summed E-state index contributed by atoms with van der Waals surface area (Å²) < 4.78 is 3.70. The number of primary amides is 1. The molecule has 2 amide bonds. The standard InChI is InChI=1S/C11H16N4O4S/c1-2-3-6-9(20-15-14-6)10(17)13-7(11(18)19)4-5-8(12)16/h7H,2-5H2,1H3,(H2,12,16)(H,13,17)(H,18,19)/t7-/m1/s1. The van der Waals surface area contributed by atoms with Gasteiger partial charge in [0.05, 0.1) is 5.69 Å². The molecule has 1 heterocycles. The van der Waals surface area contributed by atoms with Crippen molar-refractivity contribution in [1.82, 2.24) is 14.9 Å². The largest absolute Gasteiger partial charge is 0.480 e. The van der Waals surface area contributed by atoms with Gasteiger partial charge in [-0.25, -0.2) is 4.79 Å². The monoisotopic (exact) mass is 300 g/mol. The van der Waals surface area contributed by atoms with Crippen molar-refractivity contribution >= 4 is 29.3 Å². The first kappa shape index (κ1) is 16.0. The molecule has 0 aromatic carbocycles. The fraction of sp³-hybridized carbons (Fsp3) is 0.545. The molecule has 110 valence electrons. The van der Waals surface area contributed by atoms with Crippen molar-refractivity contribution in [2.45, 2.75) is 38.6 Å². The number of hydrogen-bond donors (Lipinski definition) is 3. The third kappa shape index (κ3) is 4.57. The zero-order chi connectivity index (χ0) is 15.1. The van der Waals surface area contributed by atoms with Gasteiger partial charge in [-0.1, -0.05) is 17.8 Å². The molecule has 0 radical (unpaired) electrons. The molecular formula is C11H16N4O4S. The lowest BCUT2D eigenvalue weighted by Gasteiger charge is -2.13. The van der Waals surface area contributed by atoms with Crippen molar-refractivity contribution in [3.8, 4) is 0 Å². The Hall–Kier alpha value is -2.03. The van der Waals surface area contributed by atoms with E-state index in [1.807, 2.05) is 6.92 Å². The number of carbonyl (C=O) groups is 3. The molecule has 8 nitrogen and oxygen atoms in total. The van der Waals surface area contributed by atoms with Gasteiger partial charge in [0.1, 0.15) is 10.9 Å². The van der Waals surface area contributed by atoms with Crippen LogP contribution in [0.4, 0.5) is 0 Å².